The third kappa shape index (κ3) is 6.05. The number of hydrogen-bond acceptors (Lipinski definition) is 6. The summed E-state index contributed by atoms with van der Waals surface area (Å²) >= 11 is 0. The summed E-state index contributed by atoms with van der Waals surface area (Å²) in [6.07, 6.45) is 3.36. The third-order valence-corrected chi connectivity index (χ3v) is 5.81. The topological polar surface area (TPSA) is 69.0 Å². The number of methoxy groups -OCH3 is 1. The molecule has 0 spiro atoms. The highest BCUT2D eigenvalue weighted by Crippen LogP contribution is 2.35. The lowest BCUT2D eigenvalue weighted by molar-refractivity contribution is 0.0226. The fraction of sp³-hybridized carbons (Fsp3) is 0.370. The Hall–Kier alpha value is -3.13. The minimum atomic E-state index is -0.576. The minimum absolute atomic E-state index is 0.282. The first-order chi connectivity index (χ1) is 16.6. The van der Waals surface area contributed by atoms with E-state index in [9.17, 15) is 5.11 Å². The van der Waals surface area contributed by atoms with Gasteiger partial charge in [-0.15, -0.1) is 6.58 Å². The maximum absolute atomic E-state index is 10.5. The molecule has 1 saturated carbocycles. The molecule has 0 radical (unpaired) electrons. The van der Waals surface area contributed by atoms with Crippen molar-refractivity contribution < 1.29 is 19.3 Å². The number of ether oxygens (including phenoxy) is 3. The molecular formula is C27H33N3O4. The van der Waals surface area contributed by atoms with Gasteiger partial charge in [0.2, 0.25) is 5.88 Å². The van der Waals surface area contributed by atoms with Crippen molar-refractivity contribution in [1.29, 1.82) is 0 Å². The molecule has 7 heteroatoms. The van der Waals surface area contributed by atoms with E-state index < -0.39 is 6.10 Å². The van der Waals surface area contributed by atoms with E-state index >= 15 is 0 Å². The highest BCUT2D eigenvalue weighted by Gasteiger charge is 2.32. The highest BCUT2D eigenvalue weighted by atomic mass is 16.5. The number of aryl methyl sites for hydroxylation is 1. The summed E-state index contributed by atoms with van der Waals surface area (Å²) in [5.41, 5.74) is 2.81. The lowest BCUT2D eigenvalue weighted by Crippen LogP contribution is -2.36. The first kappa shape index (κ1) is 24.0. The van der Waals surface area contributed by atoms with Crippen LogP contribution in [0.1, 0.15) is 24.1 Å². The number of rotatable bonds is 13. The van der Waals surface area contributed by atoms with E-state index in [0.29, 0.717) is 37.4 Å². The Labute approximate surface area is 201 Å². The van der Waals surface area contributed by atoms with E-state index in [1.54, 1.807) is 13.2 Å². The average molecular weight is 464 g/mol. The van der Waals surface area contributed by atoms with Crippen molar-refractivity contribution in [3.05, 3.63) is 78.5 Å². The molecular weight excluding hydrogens is 430 g/mol. The number of hydrogen-bond donors (Lipinski definition) is 1. The van der Waals surface area contributed by atoms with Crippen LogP contribution in [0.2, 0.25) is 0 Å². The molecule has 180 valence electrons. The van der Waals surface area contributed by atoms with Gasteiger partial charge in [0.15, 0.2) is 0 Å². The van der Waals surface area contributed by atoms with Gasteiger partial charge in [0.05, 0.1) is 43.4 Å². The van der Waals surface area contributed by atoms with E-state index in [1.165, 1.54) is 0 Å². The Bertz CT molecular complexity index is 1080. The highest BCUT2D eigenvalue weighted by molar-refractivity contribution is 5.44. The molecule has 0 aliphatic heterocycles. The zero-order chi connectivity index (χ0) is 23.9. The average Bonchev–Trinajstić information content (AvgIpc) is 3.66. The van der Waals surface area contributed by atoms with Crippen LogP contribution in [0.3, 0.4) is 0 Å². The van der Waals surface area contributed by atoms with Gasteiger partial charge in [-0.25, -0.2) is 4.68 Å². The van der Waals surface area contributed by atoms with Crippen molar-refractivity contribution in [2.45, 2.75) is 38.5 Å². The summed E-state index contributed by atoms with van der Waals surface area (Å²) in [6.45, 7) is 7.52. The van der Waals surface area contributed by atoms with Gasteiger partial charge < -0.3 is 19.3 Å². The first-order valence-corrected chi connectivity index (χ1v) is 11.7. The van der Waals surface area contributed by atoms with Gasteiger partial charge in [-0.05, 0) is 44.0 Å². The second kappa shape index (κ2) is 11.3. The van der Waals surface area contributed by atoms with E-state index in [0.717, 1.165) is 35.5 Å². The Morgan fingerprint density at radius 3 is 2.65 bits per heavy atom. The lowest BCUT2D eigenvalue weighted by atomic mass is 10.2. The van der Waals surface area contributed by atoms with Crippen LogP contribution in [0.5, 0.6) is 17.4 Å². The van der Waals surface area contributed by atoms with Crippen molar-refractivity contribution >= 4 is 0 Å². The van der Waals surface area contributed by atoms with Crippen molar-refractivity contribution in [3.8, 4) is 23.1 Å². The second-order valence-corrected chi connectivity index (χ2v) is 8.54. The molecule has 0 saturated heterocycles. The quantitative estimate of drug-likeness (QED) is 0.297. The number of para-hydroxylation sites is 1. The Morgan fingerprint density at radius 1 is 1.18 bits per heavy atom. The van der Waals surface area contributed by atoms with Gasteiger partial charge >= 0.3 is 0 Å². The maximum atomic E-state index is 10.5. The van der Waals surface area contributed by atoms with Crippen molar-refractivity contribution in [3.63, 3.8) is 0 Å². The largest absolute Gasteiger partial charge is 0.497 e. The number of benzene rings is 2. The fourth-order valence-corrected chi connectivity index (χ4v) is 3.94. The van der Waals surface area contributed by atoms with Crippen LogP contribution in [0.15, 0.2) is 67.3 Å². The zero-order valence-electron chi connectivity index (χ0n) is 19.9. The van der Waals surface area contributed by atoms with Crippen molar-refractivity contribution in [2.75, 3.05) is 26.9 Å². The molecule has 1 aliphatic carbocycles. The predicted molar refractivity (Wildman–Crippen MR) is 132 cm³/mol. The monoisotopic (exact) mass is 463 g/mol. The molecule has 3 aromatic rings. The van der Waals surface area contributed by atoms with Crippen LogP contribution in [-0.2, 0) is 11.3 Å². The first-order valence-electron chi connectivity index (χ1n) is 11.7. The predicted octanol–water partition coefficient (Wildman–Crippen LogP) is 4.51. The summed E-state index contributed by atoms with van der Waals surface area (Å²) in [5.74, 6) is 2.07. The third-order valence-electron chi connectivity index (χ3n) is 5.81. The summed E-state index contributed by atoms with van der Waals surface area (Å²) in [5, 5.41) is 15.4. The number of nitrogens with zero attached hydrogens (tertiary/aromatic N) is 3. The fourth-order valence-electron chi connectivity index (χ4n) is 3.94. The zero-order valence-corrected chi connectivity index (χ0v) is 19.9. The van der Waals surface area contributed by atoms with Crippen molar-refractivity contribution in [1.82, 2.24) is 14.7 Å². The van der Waals surface area contributed by atoms with Gasteiger partial charge in [0.1, 0.15) is 11.5 Å². The Morgan fingerprint density at radius 2 is 1.94 bits per heavy atom. The molecule has 4 rings (SSSR count). The van der Waals surface area contributed by atoms with Crippen LogP contribution in [-0.4, -0.2) is 58.8 Å². The lowest BCUT2D eigenvalue weighted by Gasteiger charge is -2.25. The number of aromatic nitrogens is 2. The summed E-state index contributed by atoms with van der Waals surface area (Å²) in [4.78, 5) is 2.31. The standard InChI is InChI=1S/C27H33N3O4/c1-4-15-33-19-23(31)17-29(21-13-14-21)18-26-20(2)28-30(22-9-6-5-7-10-22)27(26)34-25-12-8-11-24(16-25)32-3/h4-12,16,21,23,31H,1,13-15,17-19H2,2-3H3/t23-/m1/s1. The van der Waals surface area contributed by atoms with Crippen molar-refractivity contribution in [2.24, 2.45) is 0 Å². The van der Waals surface area contributed by atoms with Crippen LogP contribution < -0.4 is 9.47 Å². The molecule has 1 N–H and O–H groups in total. The number of aliphatic hydroxyl groups excluding tert-OH is 1. The van der Waals surface area contributed by atoms with Crippen LogP contribution >= 0.6 is 0 Å². The molecule has 1 aromatic heterocycles. The molecule has 1 heterocycles. The summed E-state index contributed by atoms with van der Waals surface area (Å²) in [7, 11) is 1.64. The maximum Gasteiger partial charge on any atom is 0.227 e. The minimum Gasteiger partial charge on any atom is -0.497 e. The van der Waals surface area contributed by atoms with Gasteiger partial charge in [-0.3, -0.25) is 4.90 Å². The summed E-state index contributed by atoms with van der Waals surface area (Å²) in [6, 6.07) is 18.0. The van der Waals surface area contributed by atoms with Gasteiger partial charge in [-0.2, -0.15) is 5.10 Å². The number of aliphatic hydroxyl groups is 1. The molecule has 7 nitrogen and oxygen atoms in total. The van der Waals surface area contributed by atoms with E-state index in [4.69, 9.17) is 19.3 Å². The van der Waals surface area contributed by atoms with Gasteiger partial charge in [0.25, 0.3) is 0 Å². The molecule has 0 bridgehead atoms. The summed E-state index contributed by atoms with van der Waals surface area (Å²) < 4.78 is 19.1. The van der Waals surface area contributed by atoms with Gasteiger partial charge in [-0.1, -0.05) is 30.3 Å². The molecule has 1 aliphatic rings. The molecule has 34 heavy (non-hydrogen) atoms. The SMILES string of the molecule is C=CCOC[C@H](O)CN(Cc1c(C)nn(-c2ccccc2)c1Oc1cccc(OC)c1)C1CC1. The van der Waals surface area contributed by atoms with E-state index in [-0.39, 0.29) is 6.61 Å². The molecule has 2 aromatic carbocycles. The normalized spacial score (nSPS) is 14.2. The van der Waals surface area contributed by atoms with Crippen LogP contribution in [0.25, 0.3) is 5.69 Å². The smallest absolute Gasteiger partial charge is 0.227 e. The second-order valence-electron chi connectivity index (χ2n) is 8.54. The molecule has 1 fully saturated rings. The van der Waals surface area contributed by atoms with Gasteiger partial charge in [0, 0.05) is 25.2 Å². The molecule has 0 amide bonds. The van der Waals surface area contributed by atoms with Crippen LogP contribution in [0.4, 0.5) is 0 Å². The van der Waals surface area contributed by atoms with E-state index in [1.807, 2.05) is 66.2 Å². The van der Waals surface area contributed by atoms with E-state index in [2.05, 4.69) is 11.5 Å². The molecule has 0 unspecified atom stereocenters. The molecule has 1 atom stereocenters. The Kier molecular flexibility index (Phi) is 8.00. The Balaban J connectivity index is 1.64. The van der Waals surface area contributed by atoms with Crippen LogP contribution in [0, 0.1) is 6.92 Å².